The largest absolute Gasteiger partial charge is 0.300 e. The molecule has 0 spiro atoms. The van der Waals surface area contributed by atoms with Gasteiger partial charge in [0.2, 0.25) is 5.65 Å². The first-order valence-electron chi connectivity index (χ1n) is 9.40. The van der Waals surface area contributed by atoms with Crippen molar-refractivity contribution < 1.29 is 0 Å². The van der Waals surface area contributed by atoms with Crippen molar-refractivity contribution >= 4 is 29.0 Å². The van der Waals surface area contributed by atoms with Gasteiger partial charge in [0.15, 0.2) is 5.16 Å². The van der Waals surface area contributed by atoms with Crippen LogP contribution in [-0.2, 0) is 5.75 Å². The van der Waals surface area contributed by atoms with E-state index in [2.05, 4.69) is 48.3 Å². The van der Waals surface area contributed by atoms with Crippen molar-refractivity contribution in [3.8, 4) is 5.69 Å². The number of thioether (sulfide) groups is 1. The number of nitrogens with zero attached hydrogens (tertiary/aromatic N) is 4. The van der Waals surface area contributed by atoms with E-state index in [9.17, 15) is 4.79 Å². The molecule has 0 N–H and O–H groups in total. The van der Waals surface area contributed by atoms with E-state index in [0.717, 1.165) is 17.0 Å². The topological polar surface area (TPSA) is 52.2 Å². The minimum absolute atomic E-state index is 0.222. The Balaban J connectivity index is 1.68. The van der Waals surface area contributed by atoms with Crippen LogP contribution in [0.15, 0.2) is 64.8 Å². The number of hydrogen-bond acceptors (Lipinski definition) is 4. The molecule has 0 aliphatic rings. The summed E-state index contributed by atoms with van der Waals surface area (Å²) in [4.78, 5) is 13.0. The summed E-state index contributed by atoms with van der Waals surface area (Å²) < 4.78 is 3.31. The zero-order chi connectivity index (χ0) is 20.5. The highest BCUT2D eigenvalue weighted by atomic mass is 35.5. The van der Waals surface area contributed by atoms with E-state index < -0.39 is 0 Å². The summed E-state index contributed by atoms with van der Waals surface area (Å²) in [5, 5.41) is 9.73. The third-order valence-electron chi connectivity index (χ3n) is 4.97. The van der Waals surface area contributed by atoms with Gasteiger partial charge in [-0.2, -0.15) is 0 Å². The Kier molecular flexibility index (Phi) is 5.48. The normalized spacial score (nSPS) is 11.5. The lowest BCUT2D eigenvalue weighted by Gasteiger charge is -2.12. The third-order valence-corrected chi connectivity index (χ3v) is 6.37. The molecule has 0 radical (unpaired) electrons. The monoisotopic (exact) mass is 424 g/mol. The van der Waals surface area contributed by atoms with Gasteiger partial charge in [-0.05, 0) is 41.7 Å². The van der Waals surface area contributed by atoms with Crippen LogP contribution >= 0.6 is 23.4 Å². The Morgan fingerprint density at radius 1 is 1.07 bits per heavy atom. The minimum atomic E-state index is -0.222. The third kappa shape index (κ3) is 3.70. The molecule has 2 aromatic carbocycles. The second kappa shape index (κ2) is 8.05. The van der Waals surface area contributed by atoms with E-state index in [1.807, 2.05) is 31.3 Å². The average Bonchev–Trinajstić information content (AvgIpc) is 3.13. The Labute approximate surface area is 178 Å². The van der Waals surface area contributed by atoms with Crippen molar-refractivity contribution in [2.75, 3.05) is 0 Å². The van der Waals surface area contributed by atoms with Crippen LogP contribution in [0.5, 0.6) is 0 Å². The molecule has 5 nitrogen and oxygen atoms in total. The zero-order valence-corrected chi connectivity index (χ0v) is 18.0. The van der Waals surface area contributed by atoms with Crippen molar-refractivity contribution in [3.05, 3.63) is 86.9 Å². The van der Waals surface area contributed by atoms with Crippen LogP contribution in [0.25, 0.3) is 11.3 Å². The molecule has 0 amide bonds. The van der Waals surface area contributed by atoms with Gasteiger partial charge in [-0.3, -0.25) is 13.8 Å². The van der Waals surface area contributed by atoms with Crippen LogP contribution in [0.1, 0.15) is 36.5 Å². The minimum Gasteiger partial charge on any atom is -0.279 e. The number of halogens is 1. The van der Waals surface area contributed by atoms with Gasteiger partial charge < -0.3 is 0 Å². The number of rotatable bonds is 5. The summed E-state index contributed by atoms with van der Waals surface area (Å²) in [6.45, 7) is 6.28. The standard InChI is InChI=1S/C22H21ClN4OS/c1-14(2)17-8-5-4-7-16(17)13-29-22-25-24-20-21(28)26(11-12-27(20)22)19-10-6-9-18(23)15(19)3/h4-12,14H,13H2,1-3H3. The molecule has 148 valence electrons. The Morgan fingerprint density at radius 3 is 2.66 bits per heavy atom. The van der Waals surface area contributed by atoms with Gasteiger partial charge in [0, 0.05) is 23.2 Å². The SMILES string of the molecule is Cc1c(Cl)cccc1-n1ccn2c(SCc3ccccc3C(C)C)nnc2c1=O. The van der Waals surface area contributed by atoms with Gasteiger partial charge in [0.1, 0.15) is 0 Å². The molecule has 0 fully saturated rings. The van der Waals surface area contributed by atoms with Gasteiger partial charge in [-0.15, -0.1) is 10.2 Å². The number of fused-ring (bicyclic) bond motifs is 1. The van der Waals surface area contributed by atoms with Crippen molar-refractivity contribution in [2.24, 2.45) is 0 Å². The highest BCUT2D eigenvalue weighted by molar-refractivity contribution is 7.98. The fourth-order valence-corrected chi connectivity index (χ4v) is 4.48. The lowest BCUT2D eigenvalue weighted by Crippen LogP contribution is -2.21. The maximum absolute atomic E-state index is 13.0. The predicted octanol–water partition coefficient (Wildman–Crippen LogP) is 5.26. The molecular weight excluding hydrogens is 404 g/mol. The fraction of sp³-hybridized carbons (Fsp3) is 0.227. The zero-order valence-electron chi connectivity index (χ0n) is 16.5. The van der Waals surface area contributed by atoms with E-state index in [0.29, 0.717) is 21.7 Å². The van der Waals surface area contributed by atoms with Gasteiger partial charge in [-0.1, -0.05) is 67.5 Å². The second-order valence-corrected chi connectivity index (χ2v) is 8.53. The molecule has 29 heavy (non-hydrogen) atoms. The van der Waals surface area contributed by atoms with E-state index in [-0.39, 0.29) is 5.56 Å². The fourth-order valence-electron chi connectivity index (χ4n) is 3.38. The first-order chi connectivity index (χ1) is 14.0. The molecule has 2 heterocycles. The first kappa shape index (κ1) is 19.7. The molecule has 0 unspecified atom stereocenters. The molecule has 4 aromatic rings. The number of benzene rings is 2. The average molecular weight is 425 g/mol. The molecule has 0 atom stereocenters. The van der Waals surface area contributed by atoms with Gasteiger partial charge in [0.05, 0.1) is 5.69 Å². The molecule has 0 aliphatic carbocycles. The van der Waals surface area contributed by atoms with Crippen molar-refractivity contribution in [1.29, 1.82) is 0 Å². The molecule has 0 bridgehead atoms. The molecule has 4 rings (SSSR count). The number of hydrogen-bond donors (Lipinski definition) is 0. The van der Waals surface area contributed by atoms with E-state index in [4.69, 9.17) is 11.6 Å². The maximum Gasteiger partial charge on any atom is 0.300 e. The van der Waals surface area contributed by atoms with Crippen LogP contribution in [0.4, 0.5) is 0 Å². The summed E-state index contributed by atoms with van der Waals surface area (Å²) in [7, 11) is 0. The quantitative estimate of drug-likeness (QED) is 0.410. The molecule has 0 saturated carbocycles. The maximum atomic E-state index is 13.0. The highest BCUT2D eigenvalue weighted by Gasteiger charge is 2.14. The Morgan fingerprint density at radius 2 is 1.86 bits per heavy atom. The first-order valence-corrected chi connectivity index (χ1v) is 10.8. The summed E-state index contributed by atoms with van der Waals surface area (Å²) >= 11 is 7.80. The van der Waals surface area contributed by atoms with E-state index in [1.165, 1.54) is 11.1 Å². The van der Waals surface area contributed by atoms with Crippen LogP contribution < -0.4 is 5.56 Å². The Bertz CT molecular complexity index is 1250. The second-order valence-electron chi connectivity index (χ2n) is 7.18. The van der Waals surface area contributed by atoms with E-state index in [1.54, 1.807) is 26.9 Å². The van der Waals surface area contributed by atoms with E-state index >= 15 is 0 Å². The molecule has 2 aromatic heterocycles. The van der Waals surface area contributed by atoms with Crippen LogP contribution in [0.3, 0.4) is 0 Å². The lowest BCUT2D eigenvalue weighted by atomic mass is 9.98. The van der Waals surface area contributed by atoms with Crippen molar-refractivity contribution in [1.82, 2.24) is 19.2 Å². The molecule has 0 aliphatic heterocycles. The Hall–Kier alpha value is -2.57. The van der Waals surface area contributed by atoms with Gasteiger partial charge in [-0.25, -0.2) is 0 Å². The van der Waals surface area contributed by atoms with Crippen LogP contribution in [0.2, 0.25) is 5.02 Å². The van der Waals surface area contributed by atoms with Crippen LogP contribution in [0, 0.1) is 6.92 Å². The summed E-state index contributed by atoms with van der Waals surface area (Å²) in [5.41, 5.74) is 4.26. The predicted molar refractivity (Wildman–Crippen MR) is 118 cm³/mol. The lowest BCUT2D eigenvalue weighted by molar-refractivity contribution is 0.853. The van der Waals surface area contributed by atoms with Crippen LogP contribution in [-0.4, -0.2) is 19.2 Å². The summed E-state index contributed by atoms with van der Waals surface area (Å²) in [5.74, 6) is 1.22. The highest BCUT2D eigenvalue weighted by Crippen LogP contribution is 2.27. The van der Waals surface area contributed by atoms with Crippen molar-refractivity contribution in [3.63, 3.8) is 0 Å². The molecule has 7 heteroatoms. The van der Waals surface area contributed by atoms with Crippen molar-refractivity contribution in [2.45, 2.75) is 37.6 Å². The summed E-state index contributed by atoms with van der Waals surface area (Å²) in [6, 6.07) is 13.9. The number of aromatic nitrogens is 4. The smallest absolute Gasteiger partial charge is 0.279 e. The summed E-state index contributed by atoms with van der Waals surface area (Å²) in [6.07, 6.45) is 3.57. The molecular formula is C22H21ClN4OS. The van der Waals surface area contributed by atoms with Gasteiger partial charge in [0.25, 0.3) is 0 Å². The van der Waals surface area contributed by atoms with Gasteiger partial charge >= 0.3 is 5.56 Å². The molecule has 0 saturated heterocycles.